The Morgan fingerprint density at radius 1 is 0.396 bits per heavy atom. The molecule has 5 heterocycles. The third-order valence-corrected chi connectivity index (χ3v) is 11.0. The molecule has 7 aromatic rings. The fourth-order valence-corrected chi connectivity index (χ4v) is 7.64. The molecule has 21 heteroatoms. The van der Waals surface area contributed by atoms with Crippen molar-refractivity contribution in [3.05, 3.63) is 78.9 Å². The van der Waals surface area contributed by atoms with E-state index in [2.05, 4.69) is 29.9 Å². The van der Waals surface area contributed by atoms with Crippen molar-refractivity contribution >= 4 is 91.8 Å². The monoisotopic (exact) mass is 778 g/mol. The van der Waals surface area contributed by atoms with E-state index in [0.29, 0.717) is 21.9 Å². The van der Waals surface area contributed by atoms with Crippen LogP contribution in [0.15, 0.2) is 93.5 Å². The zero-order valence-corrected chi connectivity index (χ0v) is 29.8. The molecule has 8 bridgehead atoms. The maximum Gasteiger partial charge on any atom is 3.00 e. The summed E-state index contributed by atoms with van der Waals surface area (Å²) in [7, 11) is -14.7. The fourth-order valence-electron chi connectivity index (χ4n) is 6.15. The molecule has 53 heavy (non-hydrogen) atoms. The van der Waals surface area contributed by atoms with Crippen LogP contribution in [0.2, 0.25) is 0 Å². The van der Waals surface area contributed by atoms with Gasteiger partial charge in [0.05, 0.1) is 14.7 Å². The molecule has 0 unspecified atom stereocenters. The van der Waals surface area contributed by atoms with Crippen molar-refractivity contribution in [3.63, 3.8) is 0 Å². The number of aromatic nitrogens is 8. The summed E-state index contributed by atoms with van der Waals surface area (Å²) in [6.07, 6.45) is 0. The van der Waals surface area contributed by atoms with Crippen LogP contribution >= 0.6 is 0 Å². The SMILES string of the molecule is O=S(=O)([O-])c1ccc2c(c1)-c1nc-2nc2[nH]c(nc3nc(nc4[nH]c(n1)c1cc(S(=O)(=O)[O-])ccc41)-c1ccccc1-3)c1cc(S(=O)(=O)[O-])ccc21.[Al+3]. The zero-order valence-electron chi connectivity index (χ0n) is 26.2. The minimum atomic E-state index is -4.94. The summed E-state index contributed by atoms with van der Waals surface area (Å²) in [6.45, 7) is 0. The number of hydrogen-bond donors (Lipinski definition) is 2. The van der Waals surface area contributed by atoms with Crippen LogP contribution in [0.5, 0.6) is 0 Å². The first-order valence-corrected chi connectivity index (χ1v) is 19.1. The molecule has 17 nitrogen and oxygen atoms in total. The number of aromatic amines is 2. The van der Waals surface area contributed by atoms with Gasteiger partial charge >= 0.3 is 17.4 Å². The van der Waals surface area contributed by atoms with Gasteiger partial charge in [0.25, 0.3) is 0 Å². The molecule has 2 aliphatic heterocycles. The second kappa shape index (κ2) is 11.8. The number of fused-ring (bicyclic) bond motifs is 20. The Balaban J connectivity index is 0.00000400. The van der Waals surface area contributed by atoms with E-state index in [1.165, 1.54) is 18.2 Å². The van der Waals surface area contributed by atoms with Gasteiger partial charge in [0.2, 0.25) is 0 Å². The summed E-state index contributed by atoms with van der Waals surface area (Å²) >= 11 is 0. The van der Waals surface area contributed by atoms with Crippen molar-refractivity contribution in [1.29, 1.82) is 0 Å². The molecule has 0 spiro atoms. The summed E-state index contributed by atoms with van der Waals surface area (Å²) in [5.41, 5.74) is 1.74. The molecule has 0 aliphatic carbocycles. The molecule has 0 saturated heterocycles. The van der Waals surface area contributed by atoms with E-state index >= 15 is 0 Å². The quantitative estimate of drug-likeness (QED) is 0.192. The standard InChI is InChI=1S/C32H18N8O9S3.Al/c41-50(42,43)14-5-8-19-22(11-14)30-36-26-18-4-2-1-3-17(18)25(33-26)34-27-20-9-6-15(51(44,45)46)12-23(20)31(38-27)40-32-24-13-16(52(47,48)49)7-10-21(24)29(39-32)35-28(19)37-30;/h1-13H,(H,41,42,43)(H,44,45,46)(H,47,48,49)(H2,33,34,35,36,37,38,39,40);/q;+3/p-3. The van der Waals surface area contributed by atoms with Gasteiger partial charge in [-0.1, -0.05) is 24.3 Å². The van der Waals surface area contributed by atoms with E-state index in [0.717, 1.165) is 36.4 Å². The second-order valence-corrected chi connectivity index (χ2v) is 15.8. The molecule has 3 aromatic heterocycles. The third kappa shape index (κ3) is 5.76. The first-order chi connectivity index (χ1) is 24.6. The number of rotatable bonds is 3. The molecule has 0 amide bonds. The minimum Gasteiger partial charge on any atom is -0.744 e. The Labute approximate surface area is 308 Å². The van der Waals surface area contributed by atoms with E-state index in [1.807, 2.05) is 0 Å². The molecule has 0 atom stereocenters. The summed E-state index contributed by atoms with van der Waals surface area (Å²) in [5, 5.41) is 1.01. The molecule has 4 aromatic carbocycles. The van der Waals surface area contributed by atoms with Gasteiger partial charge in [-0.3, -0.25) is 0 Å². The first-order valence-electron chi connectivity index (χ1n) is 14.8. The molecule has 2 N–H and O–H groups in total. The molecule has 0 saturated carbocycles. The Bertz CT molecular complexity index is 3290. The predicted molar refractivity (Wildman–Crippen MR) is 186 cm³/mol. The van der Waals surface area contributed by atoms with Crippen LogP contribution in [0.4, 0.5) is 0 Å². The third-order valence-electron chi connectivity index (χ3n) is 8.52. The second-order valence-electron chi connectivity index (χ2n) is 11.6. The first kappa shape index (κ1) is 34.6. The van der Waals surface area contributed by atoms with Crippen LogP contribution < -0.4 is 0 Å². The van der Waals surface area contributed by atoms with Gasteiger partial charge in [0.15, 0.2) is 23.3 Å². The Kier molecular flexibility index (Phi) is 7.67. The number of benzene rings is 4. The maximum absolute atomic E-state index is 12.0. The van der Waals surface area contributed by atoms with Gasteiger partial charge < -0.3 is 23.6 Å². The zero-order chi connectivity index (χ0) is 36.3. The summed E-state index contributed by atoms with van der Waals surface area (Å²) < 4.78 is 108. The van der Waals surface area contributed by atoms with Crippen molar-refractivity contribution in [2.24, 2.45) is 0 Å². The summed E-state index contributed by atoms with van der Waals surface area (Å²) in [6, 6.07) is 17.7. The average Bonchev–Trinajstić information content (AvgIpc) is 3.82. The fraction of sp³-hybridized carbons (Fsp3) is 0. The predicted octanol–water partition coefficient (Wildman–Crippen LogP) is 3.20. The van der Waals surface area contributed by atoms with Crippen molar-refractivity contribution in [2.75, 3.05) is 0 Å². The maximum atomic E-state index is 12.0. The van der Waals surface area contributed by atoms with E-state index in [9.17, 15) is 38.9 Å². The minimum absolute atomic E-state index is 0. The summed E-state index contributed by atoms with van der Waals surface area (Å²) in [5.74, 6) is 0.173. The Hall–Kier alpha value is -5.50. The molecule has 0 fully saturated rings. The Morgan fingerprint density at radius 2 is 0.736 bits per heavy atom. The van der Waals surface area contributed by atoms with Crippen LogP contribution in [-0.2, 0) is 30.4 Å². The molecule has 9 rings (SSSR count). The van der Waals surface area contributed by atoms with Crippen molar-refractivity contribution < 1.29 is 38.9 Å². The average molecular weight is 779 g/mol. The Morgan fingerprint density at radius 3 is 1.15 bits per heavy atom. The van der Waals surface area contributed by atoms with Gasteiger partial charge in [-0.05, 0) is 54.6 Å². The van der Waals surface area contributed by atoms with Gasteiger partial charge in [-0.25, -0.2) is 55.2 Å². The topological polar surface area (TPSA) is 281 Å². The normalized spacial score (nSPS) is 12.7. The van der Waals surface area contributed by atoms with Crippen molar-refractivity contribution in [1.82, 2.24) is 39.9 Å². The molecule has 0 radical (unpaired) electrons. The summed E-state index contributed by atoms with van der Waals surface area (Å²) in [4.78, 5) is 32.3. The van der Waals surface area contributed by atoms with Crippen LogP contribution in [0, 0.1) is 0 Å². The van der Waals surface area contributed by atoms with Crippen LogP contribution in [0.25, 0.3) is 89.7 Å². The molecule has 2 aliphatic rings. The van der Waals surface area contributed by atoms with Crippen LogP contribution in [-0.4, -0.2) is 96.1 Å². The number of H-pyrrole nitrogens is 2. The van der Waals surface area contributed by atoms with Crippen molar-refractivity contribution in [3.8, 4) is 45.6 Å². The van der Waals surface area contributed by atoms with Crippen molar-refractivity contribution in [2.45, 2.75) is 14.7 Å². The van der Waals surface area contributed by atoms with E-state index in [1.54, 1.807) is 24.3 Å². The number of hydrogen-bond acceptors (Lipinski definition) is 15. The largest absolute Gasteiger partial charge is 3.00 e. The molecular weight excluding hydrogens is 764 g/mol. The number of nitrogens with zero attached hydrogens (tertiary/aromatic N) is 6. The van der Waals surface area contributed by atoms with Crippen LogP contribution in [0.3, 0.4) is 0 Å². The van der Waals surface area contributed by atoms with E-state index in [-0.39, 0.29) is 85.1 Å². The van der Waals surface area contributed by atoms with Gasteiger partial charge in [0, 0.05) is 43.8 Å². The molecular formula is C32H15AlN8O9S3. The van der Waals surface area contributed by atoms with Gasteiger partial charge in [-0.15, -0.1) is 0 Å². The van der Waals surface area contributed by atoms with E-state index < -0.39 is 45.0 Å². The van der Waals surface area contributed by atoms with Gasteiger partial charge in [0.1, 0.15) is 52.9 Å². The van der Waals surface area contributed by atoms with Crippen LogP contribution in [0.1, 0.15) is 0 Å². The van der Waals surface area contributed by atoms with Gasteiger partial charge in [-0.2, -0.15) is 0 Å². The van der Waals surface area contributed by atoms with E-state index in [4.69, 9.17) is 9.97 Å². The smallest absolute Gasteiger partial charge is 0.744 e. The molecule has 258 valence electrons. The number of nitrogens with one attached hydrogen (secondary N) is 2.